The van der Waals surface area contributed by atoms with Crippen molar-refractivity contribution in [2.75, 3.05) is 37.6 Å². The lowest BCUT2D eigenvalue weighted by Crippen LogP contribution is -2.31. The molecule has 120 valence electrons. The maximum atomic E-state index is 10.5. The molecule has 0 aromatic carbocycles. The molecule has 19 heavy (non-hydrogen) atoms. The van der Waals surface area contributed by atoms with E-state index in [0.29, 0.717) is 12.2 Å². The molecular weight excluding hydrogens is 314 g/mol. The van der Waals surface area contributed by atoms with Crippen molar-refractivity contribution in [3.63, 3.8) is 0 Å². The number of carbonyl (C=O) groups is 1. The van der Waals surface area contributed by atoms with Gasteiger partial charge in [0.15, 0.2) is 0 Å². The lowest BCUT2D eigenvalue weighted by molar-refractivity contribution is -0.138. The number of thiol groups is 1. The van der Waals surface area contributed by atoms with Crippen LogP contribution in [-0.4, -0.2) is 71.0 Å². The van der Waals surface area contributed by atoms with Crippen molar-refractivity contribution in [1.82, 2.24) is 0 Å². The van der Waals surface area contributed by atoms with E-state index in [1.54, 1.807) is 0 Å². The third-order valence-electron chi connectivity index (χ3n) is 2.21. The summed E-state index contributed by atoms with van der Waals surface area (Å²) >= 11 is 0. The predicted octanol–water partition coefficient (Wildman–Crippen LogP) is -0.676. The standard InChI is InChI=1S/C10H23NO5S.ClH.H2S/c1-17(5-2-9(11)10(14)15)7-8(13)6-16-4-3-12;;/h8-9,12-13,17H,2-7,11H2,1H3,(H,14,15);1H;1H2/t8?,9-;;/m0../s1. The van der Waals surface area contributed by atoms with Gasteiger partial charge in [0.2, 0.25) is 0 Å². The second kappa shape index (κ2) is 14.7. The Morgan fingerprint density at radius 2 is 2.05 bits per heavy atom. The number of hydrogen-bond acceptors (Lipinski definition) is 5. The van der Waals surface area contributed by atoms with E-state index in [9.17, 15) is 9.90 Å². The molecule has 0 fully saturated rings. The minimum Gasteiger partial charge on any atom is -0.480 e. The molecule has 6 nitrogen and oxygen atoms in total. The fourth-order valence-electron chi connectivity index (χ4n) is 1.27. The summed E-state index contributed by atoms with van der Waals surface area (Å²) < 4.78 is 5.00. The summed E-state index contributed by atoms with van der Waals surface area (Å²) in [6, 6.07) is -0.817. The first kappa shape index (κ1) is 24.3. The third-order valence-corrected chi connectivity index (χ3v) is 4.27. The lowest BCUT2D eigenvalue weighted by atomic mass is 10.2. The number of halogens is 1. The minimum atomic E-state index is -0.986. The Kier molecular flexibility index (Phi) is 18.8. The van der Waals surface area contributed by atoms with E-state index in [4.69, 9.17) is 20.7 Å². The van der Waals surface area contributed by atoms with Crippen LogP contribution in [0.5, 0.6) is 0 Å². The first-order chi connectivity index (χ1) is 7.97. The molecule has 0 aliphatic heterocycles. The zero-order chi connectivity index (χ0) is 13.3. The van der Waals surface area contributed by atoms with E-state index >= 15 is 0 Å². The van der Waals surface area contributed by atoms with E-state index in [0.717, 1.165) is 5.75 Å². The third kappa shape index (κ3) is 14.5. The Hall–Kier alpha value is 0.300. The number of aliphatic carboxylic acids is 1. The van der Waals surface area contributed by atoms with Gasteiger partial charge in [0.25, 0.3) is 0 Å². The monoisotopic (exact) mass is 339 g/mol. The maximum Gasteiger partial charge on any atom is 0.320 e. The molecule has 9 heteroatoms. The van der Waals surface area contributed by atoms with Crippen molar-refractivity contribution in [2.24, 2.45) is 5.73 Å². The highest BCUT2D eigenvalue weighted by atomic mass is 35.5. The second-order valence-corrected chi connectivity index (χ2v) is 6.47. The Labute approximate surface area is 129 Å². The molecule has 2 unspecified atom stereocenters. The van der Waals surface area contributed by atoms with Gasteiger partial charge in [0, 0.05) is 5.75 Å². The van der Waals surface area contributed by atoms with Crippen LogP contribution in [0.2, 0.25) is 0 Å². The summed E-state index contributed by atoms with van der Waals surface area (Å²) in [6.07, 6.45) is 1.87. The summed E-state index contributed by atoms with van der Waals surface area (Å²) in [4.78, 5) is 10.5. The average molecular weight is 340 g/mol. The molecular formula is C10H26ClNO5S2. The van der Waals surface area contributed by atoms with Gasteiger partial charge in [-0.15, -0.1) is 12.4 Å². The summed E-state index contributed by atoms with van der Waals surface area (Å²) in [5.74, 6) is 0.340. The van der Waals surface area contributed by atoms with Crippen LogP contribution in [0.3, 0.4) is 0 Å². The van der Waals surface area contributed by atoms with Crippen LogP contribution in [-0.2, 0) is 9.53 Å². The van der Waals surface area contributed by atoms with Crippen molar-refractivity contribution in [2.45, 2.75) is 18.6 Å². The number of aliphatic hydroxyl groups is 2. The quantitative estimate of drug-likeness (QED) is 0.266. The van der Waals surface area contributed by atoms with Crippen molar-refractivity contribution >= 4 is 42.8 Å². The van der Waals surface area contributed by atoms with Crippen LogP contribution in [0.4, 0.5) is 0 Å². The highest BCUT2D eigenvalue weighted by Crippen LogP contribution is 2.22. The van der Waals surface area contributed by atoms with Gasteiger partial charge in [-0.3, -0.25) is 15.7 Å². The molecule has 0 saturated carbocycles. The smallest absolute Gasteiger partial charge is 0.320 e. The molecule has 0 radical (unpaired) electrons. The van der Waals surface area contributed by atoms with Crippen molar-refractivity contribution < 1.29 is 24.9 Å². The van der Waals surface area contributed by atoms with Gasteiger partial charge >= 0.3 is 5.97 Å². The molecule has 0 rings (SSSR count). The number of aliphatic hydroxyl groups excluding tert-OH is 2. The average Bonchev–Trinajstić information content (AvgIpc) is 2.26. The molecule has 0 aromatic heterocycles. The van der Waals surface area contributed by atoms with Crippen LogP contribution in [0, 0.1) is 0 Å². The fourth-order valence-corrected chi connectivity index (χ4v) is 3.00. The molecule has 0 saturated heterocycles. The topological polar surface area (TPSA) is 113 Å². The summed E-state index contributed by atoms with van der Waals surface area (Å²) in [6.45, 7) is 0.377. The van der Waals surface area contributed by atoms with Crippen LogP contribution in [0.15, 0.2) is 0 Å². The second-order valence-electron chi connectivity index (χ2n) is 3.95. The van der Waals surface area contributed by atoms with Gasteiger partial charge in [-0.2, -0.15) is 13.5 Å². The van der Waals surface area contributed by atoms with Crippen molar-refractivity contribution in [1.29, 1.82) is 0 Å². The number of carboxylic acids is 1. The highest BCUT2D eigenvalue weighted by molar-refractivity contribution is 8.16. The number of nitrogens with two attached hydrogens (primary N) is 1. The fraction of sp³-hybridized carbons (Fsp3) is 0.900. The first-order valence-corrected chi connectivity index (χ1v) is 7.67. The SMILES string of the molecule is C[SH](CC[C@H](N)C(=O)O)CC(O)COCCO.Cl.S. The van der Waals surface area contributed by atoms with Crippen LogP contribution in [0.1, 0.15) is 6.42 Å². The number of carboxylic acid groups (broad SMARTS) is 1. The molecule has 3 atom stereocenters. The van der Waals surface area contributed by atoms with Gasteiger partial charge in [-0.05, 0) is 18.4 Å². The largest absolute Gasteiger partial charge is 0.480 e. The van der Waals surface area contributed by atoms with Crippen LogP contribution >= 0.6 is 36.8 Å². The van der Waals surface area contributed by atoms with Gasteiger partial charge < -0.3 is 25.8 Å². The Bertz CT molecular complexity index is 226. The predicted molar refractivity (Wildman–Crippen MR) is 86.4 cm³/mol. The zero-order valence-corrected chi connectivity index (χ0v) is 13.7. The van der Waals surface area contributed by atoms with E-state index in [1.165, 1.54) is 0 Å². The van der Waals surface area contributed by atoms with E-state index in [-0.39, 0.29) is 45.7 Å². The van der Waals surface area contributed by atoms with E-state index in [2.05, 4.69) is 0 Å². The maximum absolute atomic E-state index is 10.5. The van der Waals surface area contributed by atoms with Gasteiger partial charge in [-0.1, -0.05) is 0 Å². The summed E-state index contributed by atoms with van der Waals surface area (Å²) in [7, 11) is -0.434. The van der Waals surface area contributed by atoms with E-state index < -0.39 is 29.0 Å². The summed E-state index contributed by atoms with van der Waals surface area (Å²) in [5, 5.41) is 26.7. The minimum absolute atomic E-state index is 0. The summed E-state index contributed by atoms with van der Waals surface area (Å²) in [5.41, 5.74) is 5.39. The normalized spacial score (nSPS) is 15.7. The van der Waals surface area contributed by atoms with E-state index in [1.807, 2.05) is 6.26 Å². The van der Waals surface area contributed by atoms with Crippen LogP contribution < -0.4 is 5.73 Å². The van der Waals surface area contributed by atoms with Gasteiger partial charge in [0.05, 0.1) is 25.9 Å². The molecule has 0 spiro atoms. The van der Waals surface area contributed by atoms with Crippen molar-refractivity contribution in [3.8, 4) is 0 Å². The number of hydrogen-bond donors (Lipinski definition) is 5. The number of rotatable bonds is 10. The van der Waals surface area contributed by atoms with Gasteiger partial charge in [0.1, 0.15) is 6.04 Å². The Morgan fingerprint density at radius 1 is 1.47 bits per heavy atom. The number of ether oxygens (including phenoxy) is 1. The van der Waals surface area contributed by atoms with Crippen LogP contribution in [0.25, 0.3) is 0 Å². The first-order valence-electron chi connectivity index (χ1n) is 5.51. The molecule has 0 aliphatic rings. The molecule has 0 aliphatic carbocycles. The van der Waals surface area contributed by atoms with Crippen molar-refractivity contribution in [3.05, 3.63) is 0 Å². The molecule has 0 aromatic rings. The highest BCUT2D eigenvalue weighted by Gasteiger charge is 2.13. The molecule has 0 heterocycles. The molecule has 0 bridgehead atoms. The van der Waals surface area contributed by atoms with Gasteiger partial charge in [-0.25, -0.2) is 0 Å². The Morgan fingerprint density at radius 3 is 2.53 bits per heavy atom. The zero-order valence-electron chi connectivity index (χ0n) is 11.0. The molecule has 5 N–H and O–H groups in total. The lowest BCUT2D eigenvalue weighted by Gasteiger charge is -2.20. The Balaban J connectivity index is -0.00000128. The molecule has 0 amide bonds.